The van der Waals surface area contributed by atoms with Crippen molar-refractivity contribution in [2.45, 2.75) is 58.4 Å². The normalized spacial score (nSPS) is 22.4. The van der Waals surface area contributed by atoms with Crippen LogP contribution in [-0.2, 0) is 23.9 Å². The van der Waals surface area contributed by atoms with Gasteiger partial charge in [0.1, 0.15) is 6.04 Å². The second-order valence-electron chi connectivity index (χ2n) is 8.12. The fourth-order valence-electron chi connectivity index (χ4n) is 4.23. The van der Waals surface area contributed by atoms with Crippen molar-refractivity contribution < 1.29 is 23.9 Å². The number of hydrogen-bond acceptors (Lipinski definition) is 5. The Hall–Kier alpha value is -2.70. The van der Waals surface area contributed by atoms with Crippen molar-refractivity contribution in [1.82, 2.24) is 4.90 Å². The number of carbonyl (C=O) groups excluding carboxylic acids is 4. The van der Waals surface area contributed by atoms with E-state index in [2.05, 4.69) is 5.32 Å². The Labute approximate surface area is 170 Å². The average Bonchev–Trinajstić information content (AvgIpc) is 2.96. The minimum atomic E-state index is -1.03. The van der Waals surface area contributed by atoms with E-state index in [1.165, 1.54) is 6.92 Å². The van der Waals surface area contributed by atoms with Crippen LogP contribution in [0.1, 0.15) is 57.9 Å². The van der Waals surface area contributed by atoms with E-state index < -0.39 is 24.5 Å². The third kappa shape index (κ3) is 4.33. The van der Waals surface area contributed by atoms with Crippen molar-refractivity contribution in [1.29, 1.82) is 0 Å². The molecule has 3 atom stereocenters. The van der Waals surface area contributed by atoms with Gasteiger partial charge in [0.2, 0.25) is 11.8 Å². The van der Waals surface area contributed by atoms with Gasteiger partial charge in [-0.15, -0.1) is 0 Å². The molecule has 7 heteroatoms. The lowest BCUT2D eigenvalue weighted by molar-refractivity contribution is -0.159. The first-order chi connectivity index (χ1) is 13.8. The molecule has 1 aliphatic carbocycles. The largest absolute Gasteiger partial charge is 0.454 e. The van der Waals surface area contributed by atoms with Crippen LogP contribution >= 0.6 is 0 Å². The predicted octanol–water partition coefficient (Wildman–Crippen LogP) is 2.86. The monoisotopic (exact) mass is 400 g/mol. The van der Waals surface area contributed by atoms with Gasteiger partial charge in [0.15, 0.2) is 6.61 Å². The number of nitrogens with zero attached hydrogens (tertiary/aromatic N) is 1. The minimum Gasteiger partial charge on any atom is -0.454 e. The van der Waals surface area contributed by atoms with Crippen molar-refractivity contribution in [2.75, 3.05) is 11.9 Å². The number of rotatable bonds is 6. The summed E-state index contributed by atoms with van der Waals surface area (Å²) in [5.41, 5.74) is 1.65. The molecule has 0 radical (unpaired) electrons. The van der Waals surface area contributed by atoms with E-state index >= 15 is 0 Å². The van der Waals surface area contributed by atoms with Gasteiger partial charge in [0.25, 0.3) is 5.91 Å². The number of likely N-dealkylation sites (tertiary alicyclic amines) is 1. The number of carbonyl (C=O) groups is 4. The SMILES string of the molecule is CC(C)c1ccccc1NC(=O)COC(=O)[C@H](C)N1C(=O)[C@H]2CCCC[C@H]2C1=O. The quantitative estimate of drug-likeness (QED) is 0.585. The molecule has 2 aliphatic rings. The lowest BCUT2D eigenvalue weighted by atomic mass is 9.81. The number of esters is 1. The minimum absolute atomic E-state index is 0.227. The van der Waals surface area contributed by atoms with E-state index in [0.29, 0.717) is 18.5 Å². The highest BCUT2D eigenvalue weighted by molar-refractivity contribution is 6.08. The number of nitrogens with one attached hydrogen (secondary N) is 1. The maximum Gasteiger partial charge on any atom is 0.329 e. The maximum atomic E-state index is 12.6. The van der Waals surface area contributed by atoms with Crippen LogP contribution < -0.4 is 5.32 Å². The highest BCUT2D eigenvalue weighted by atomic mass is 16.5. The zero-order chi connectivity index (χ0) is 21.1. The van der Waals surface area contributed by atoms with Crippen LogP contribution in [-0.4, -0.2) is 41.2 Å². The molecule has 0 unspecified atom stereocenters. The van der Waals surface area contributed by atoms with Gasteiger partial charge in [-0.1, -0.05) is 44.9 Å². The van der Waals surface area contributed by atoms with Gasteiger partial charge >= 0.3 is 5.97 Å². The summed E-state index contributed by atoms with van der Waals surface area (Å²) in [6.45, 7) is 5.04. The second-order valence-corrected chi connectivity index (χ2v) is 8.12. The van der Waals surface area contributed by atoms with Gasteiger partial charge in [-0.25, -0.2) is 4.79 Å². The second kappa shape index (κ2) is 8.76. The molecule has 156 valence electrons. The molecule has 0 spiro atoms. The number of benzene rings is 1. The molecule has 1 heterocycles. The molecular weight excluding hydrogens is 372 g/mol. The summed E-state index contributed by atoms with van der Waals surface area (Å²) in [5, 5.41) is 2.75. The number of anilines is 1. The smallest absolute Gasteiger partial charge is 0.329 e. The lowest BCUT2D eigenvalue weighted by Gasteiger charge is -2.21. The van der Waals surface area contributed by atoms with E-state index in [-0.39, 0.29) is 29.6 Å². The molecule has 3 amide bonds. The summed E-state index contributed by atoms with van der Waals surface area (Å²) in [5.74, 6) is -2.21. The fraction of sp³-hybridized carbons (Fsp3) is 0.545. The van der Waals surface area contributed by atoms with Crippen LogP contribution in [0.3, 0.4) is 0 Å². The number of amides is 3. The van der Waals surface area contributed by atoms with Crippen molar-refractivity contribution >= 4 is 29.4 Å². The predicted molar refractivity (Wildman–Crippen MR) is 107 cm³/mol. The fourth-order valence-corrected chi connectivity index (χ4v) is 4.23. The number of ether oxygens (including phenoxy) is 1. The Kier molecular flexibility index (Phi) is 6.35. The number of imide groups is 1. The van der Waals surface area contributed by atoms with Crippen LogP contribution in [0.5, 0.6) is 0 Å². The van der Waals surface area contributed by atoms with Gasteiger partial charge in [0, 0.05) is 5.69 Å². The molecular formula is C22H28N2O5. The maximum absolute atomic E-state index is 12.6. The highest BCUT2D eigenvalue weighted by Gasteiger charge is 2.51. The Bertz CT molecular complexity index is 795. The van der Waals surface area contributed by atoms with Gasteiger partial charge in [-0.3, -0.25) is 19.3 Å². The summed E-state index contributed by atoms with van der Waals surface area (Å²) in [4.78, 5) is 50.9. The molecule has 1 saturated heterocycles. The van der Waals surface area contributed by atoms with Gasteiger partial charge in [-0.05, 0) is 37.3 Å². The van der Waals surface area contributed by atoms with Gasteiger partial charge in [-0.2, -0.15) is 0 Å². The summed E-state index contributed by atoms with van der Waals surface area (Å²) < 4.78 is 5.10. The first kappa shape index (κ1) is 21.0. The van der Waals surface area contributed by atoms with Crippen molar-refractivity contribution in [3.05, 3.63) is 29.8 Å². The Morgan fingerprint density at radius 2 is 1.66 bits per heavy atom. The molecule has 0 bridgehead atoms. The van der Waals surface area contributed by atoms with Gasteiger partial charge < -0.3 is 10.1 Å². The van der Waals surface area contributed by atoms with Gasteiger partial charge in [0.05, 0.1) is 11.8 Å². The van der Waals surface area contributed by atoms with E-state index in [1.807, 2.05) is 32.0 Å². The van der Waals surface area contributed by atoms with Crippen LogP contribution in [0, 0.1) is 11.8 Å². The number of hydrogen-bond donors (Lipinski definition) is 1. The lowest BCUT2D eigenvalue weighted by Crippen LogP contribution is -2.45. The zero-order valence-corrected chi connectivity index (χ0v) is 17.1. The van der Waals surface area contributed by atoms with Crippen molar-refractivity contribution in [2.24, 2.45) is 11.8 Å². The van der Waals surface area contributed by atoms with Crippen molar-refractivity contribution in [3.8, 4) is 0 Å². The molecule has 0 aromatic heterocycles. The summed E-state index contributed by atoms with van der Waals surface area (Å²) in [6, 6.07) is 6.41. The number of fused-ring (bicyclic) bond motifs is 1. The van der Waals surface area contributed by atoms with Crippen molar-refractivity contribution in [3.63, 3.8) is 0 Å². The topological polar surface area (TPSA) is 92.8 Å². The molecule has 3 rings (SSSR count). The molecule has 1 N–H and O–H groups in total. The molecule has 2 fully saturated rings. The Morgan fingerprint density at radius 1 is 1.07 bits per heavy atom. The highest BCUT2D eigenvalue weighted by Crippen LogP contribution is 2.38. The summed E-state index contributed by atoms with van der Waals surface area (Å²) in [7, 11) is 0. The molecule has 29 heavy (non-hydrogen) atoms. The standard InChI is InChI=1S/C22H28N2O5/c1-13(2)15-8-6-7-11-18(15)23-19(25)12-29-22(28)14(3)24-20(26)16-9-4-5-10-17(16)21(24)27/h6-8,11,13-14,16-17H,4-5,9-10,12H2,1-3H3,(H,23,25)/t14-,16-,17+/m0/s1. The molecule has 1 aliphatic heterocycles. The van der Waals surface area contributed by atoms with E-state index in [4.69, 9.17) is 4.74 Å². The average molecular weight is 400 g/mol. The van der Waals surface area contributed by atoms with E-state index in [9.17, 15) is 19.2 Å². The third-order valence-electron chi connectivity index (χ3n) is 5.81. The molecule has 1 saturated carbocycles. The van der Waals surface area contributed by atoms with E-state index in [0.717, 1.165) is 23.3 Å². The summed E-state index contributed by atoms with van der Waals surface area (Å²) in [6.07, 6.45) is 3.21. The third-order valence-corrected chi connectivity index (χ3v) is 5.81. The van der Waals surface area contributed by atoms with E-state index in [1.54, 1.807) is 6.07 Å². The van der Waals surface area contributed by atoms with Crippen LogP contribution in [0.15, 0.2) is 24.3 Å². The summed E-state index contributed by atoms with van der Waals surface area (Å²) >= 11 is 0. The molecule has 1 aromatic carbocycles. The zero-order valence-electron chi connectivity index (χ0n) is 17.1. The first-order valence-corrected chi connectivity index (χ1v) is 10.2. The van der Waals surface area contributed by atoms with Crippen LogP contribution in [0.2, 0.25) is 0 Å². The number of para-hydroxylation sites is 1. The first-order valence-electron chi connectivity index (χ1n) is 10.2. The Morgan fingerprint density at radius 3 is 2.24 bits per heavy atom. The molecule has 1 aromatic rings. The van der Waals surface area contributed by atoms with Crippen LogP contribution in [0.25, 0.3) is 0 Å². The van der Waals surface area contributed by atoms with Crippen LogP contribution in [0.4, 0.5) is 5.69 Å². The Balaban J connectivity index is 1.57. The molecule has 7 nitrogen and oxygen atoms in total.